The van der Waals surface area contributed by atoms with E-state index in [2.05, 4.69) is 65.0 Å². The Hall–Kier alpha value is -0.730. The highest BCUT2D eigenvalue weighted by Gasteiger charge is 2.09. The first-order valence-electron chi connectivity index (χ1n) is 6.36. The summed E-state index contributed by atoms with van der Waals surface area (Å²) in [5.41, 5.74) is 2.59. The molecule has 1 rings (SSSR count). The summed E-state index contributed by atoms with van der Waals surface area (Å²) in [4.78, 5) is 1.36. The van der Waals surface area contributed by atoms with E-state index in [0.717, 1.165) is 12.4 Å². The van der Waals surface area contributed by atoms with Crippen LogP contribution in [0.1, 0.15) is 33.3 Å². The van der Waals surface area contributed by atoms with Crippen molar-refractivity contribution in [3.8, 4) is 0 Å². The molecule has 0 bridgehead atoms. The van der Waals surface area contributed by atoms with Crippen LogP contribution in [0.15, 0.2) is 40.8 Å². The molecule has 0 saturated heterocycles. The van der Waals surface area contributed by atoms with Gasteiger partial charge in [-0.15, -0.1) is 11.8 Å². The quantitative estimate of drug-likeness (QED) is 0.555. The third-order valence-electron chi connectivity index (χ3n) is 2.50. The van der Waals surface area contributed by atoms with Crippen LogP contribution in [0.2, 0.25) is 0 Å². The lowest BCUT2D eigenvalue weighted by atomic mass is 10.2. The van der Waals surface area contributed by atoms with Crippen LogP contribution in [0.4, 0.5) is 0 Å². The van der Waals surface area contributed by atoms with Gasteiger partial charge >= 0.3 is 0 Å². The molecule has 2 heteroatoms. The van der Waals surface area contributed by atoms with Gasteiger partial charge in [-0.25, -0.2) is 0 Å². The first-order valence-corrected chi connectivity index (χ1v) is 7.35. The van der Waals surface area contributed by atoms with Gasteiger partial charge in [-0.2, -0.15) is 0 Å². The smallest absolute Gasteiger partial charge is 0.0681 e. The molecule has 0 atom stereocenters. The Labute approximate surface area is 116 Å². The number of thioether (sulfide) groups is 1. The third-order valence-corrected chi connectivity index (χ3v) is 3.60. The van der Waals surface area contributed by atoms with Crippen molar-refractivity contribution in [2.75, 3.05) is 12.4 Å². The van der Waals surface area contributed by atoms with E-state index in [1.165, 1.54) is 16.0 Å². The Bertz CT molecular complexity index is 402. The number of hydrogen-bond acceptors (Lipinski definition) is 2. The molecule has 0 amide bonds. The zero-order valence-electron chi connectivity index (χ0n) is 12.1. The number of ether oxygens (including phenoxy) is 1. The van der Waals surface area contributed by atoms with Crippen LogP contribution in [0.25, 0.3) is 0 Å². The molecule has 0 aliphatic carbocycles. The van der Waals surface area contributed by atoms with Crippen molar-refractivity contribution in [3.05, 3.63) is 41.5 Å². The van der Waals surface area contributed by atoms with Crippen LogP contribution in [0, 0.1) is 6.92 Å². The van der Waals surface area contributed by atoms with E-state index >= 15 is 0 Å². The molecule has 0 aromatic heterocycles. The van der Waals surface area contributed by atoms with Gasteiger partial charge in [0.15, 0.2) is 0 Å². The maximum absolute atomic E-state index is 5.74. The van der Waals surface area contributed by atoms with Crippen LogP contribution in [0.5, 0.6) is 0 Å². The Morgan fingerprint density at radius 3 is 2.56 bits per heavy atom. The summed E-state index contributed by atoms with van der Waals surface area (Å²) in [7, 11) is 0. The van der Waals surface area contributed by atoms with Gasteiger partial charge in [-0.1, -0.05) is 29.8 Å². The second-order valence-corrected chi connectivity index (χ2v) is 6.59. The van der Waals surface area contributed by atoms with Crippen molar-refractivity contribution >= 4 is 11.8 Å². The molecule has 100 valence electrons. The van der Waals surface area contributed by atoms with E-state index in [9.17, 15) is 0 Å². The highest BCUT2D eigenvalue weighted by Crippen LogP contribution is 2.22. The Kier molecular flexibility index (Phi) is 5.97. The van der Waals surface area contributed by atoms with Crippen molar-refractivity contribution in [2.45, 2.75) is 45.1 Å². The predicted octanol–water partition coefficient (Wildman–Crippen LogP) is 4.85. The first kappa shape index (κ1) is 15.3. The summed E-state index contributed by atoms with van der Waals surface area (Å²) in [5, 5.41) is 0. The second-order valence-electron chi connectivity index (χ2n) is 5.53. The lowest BCUT2D eigenvalue weighted by Gasteiger charge is -2.19. The van der Waals surface area contributed by atoms with Crippen LogP contribution in [-0.2, 0) is 4.74 Å². The van der Waals surface area contributed by atoms with Crippen molar-refractivity contribution < 1.29 is 4.74 Å². The molecule has 1 aromatic rings. The number of hydrogen-bond donors (Lipinski definition) is 0. The third kappa shape index (κ3) is 6.27. The molecular weight excluding hydrogens is 240 g/mol. The molecule has 0 spiro atoms. The fraction of sp³-hybridized carbons (Fsp3) is 0.500. The highest BCUT2D eigenvalue weighted by atomic mass is 32.2. The Balaban J connectivity index is 2.38. The molecule has 0 heterocycles. The lowest BCUT2D eigenvalue weighted by Crippen LogP contribution is -2.20. The SMILES string of the molecule is CC(=CCSc1ccccc1C)COC(C)(C)C. The standard InChI is InChI=1S/C16H24OS/c1-13(12-17-16(3,4)5)10-11-18-15-9-7-6-8-14(15)2/h6-10H,11-12H2,1-5H3. The molecule has 0 aliphatic heterocycles. The molecule has 0 unspecified atom stereocenters. The van der Waals surface area contributed by atoms with Gasteiger partial charge in [-0.05, 0) is 46.2 Å². The fourth-order valence-corrected chi connectivity index (χ4v) is 2.40. The van der Waals surface area contributed by atoms with Gasteiger partial charge in [0.25, 0.3) is 0 Å². The molecule has 0 saturated carbocycles. The van der Waals surface area contributed by atoms with Crippen LogP contribution >= 0.6 is 11.8 Å². The lowest BCUT2D eigenvalue weighted by molar-refractivity contribution is 0.0111. The molecule has 0 aliphatic rings. The summed E-state index contributed by atoms with van der Waals surface area (Å²) in [6.07, 6.45) is 2.25. The van der Waals surface area contributed by atoms with Crippen molar-refractivity contribution in [1.82, 2.24) is 0 Å². The van der Waals surface area contributed by atoms with Crippen molar-refractivity contribution in [2.24, 2.45) is 0 Å². The van der Waals surface area contributed by atoms with Gasteiger partial charge in [0.05, 0.1) is 12.2 Å². The van der Waals surface area contributed by atoms with E-state index < -0.39 is 0 Å². The fourth-order valence-electron chi connectivity index (χ4n) is 1.38. The summed E-state index contributed by atoms with van der Waals surface area (Å²) >= 11 is 1.88. The van der Waals surface area contributed by atoms with Crippen LogP contribution in [0.3, 0.4) is 0 Å². The maximum atomic E-state index is 5.74. The predicted molar refractivity (Wildman–Crippen MR) is 81.4 cm³/mol. The van der Waals surface area contributed by atoms with Gasteiger partial charge in [0.1, 0.15) is 0 Å². The maximum Gasteiger partial charge on any atom is 0.0681 e. The van der Waals surface area contributed by atoms with Crippen molar-refractivity contribution in [3.63, 3.8) is 0 Å². The van der Waals surface area contributed by atoms with Gasteiger partial charge in [-0.3, -0.25) is 0 Å². The Morgan fingerprint density at radius 2 is 1.94 bits per heavy atom. The largest absolute Gasteiger partial charge is 0.372 e. The van der Waals surface area contributed by atoms with E-state index in [4.69, 9.17) is 4.74 Å². The van der Waals surface area contributed by atoms with E-state index in [1.54, 1.807) is 0 Å². The molecule has 0 N–H and O–H groups in total. The molecule has 18 heavy (non-hydrogen) atoms. The average Bonchev–Trinajstić information content (AvgIpc) is 2.28. The summed E-state index contributed by atoms with van der Waals surface area (Å²) < 4.78 is 5.74. The number of aryl methyl sites for hydroxylation is 1. The summed E-state index contributed by atoms with van der Waals surface area (Å²) in [6, 6.07) is 8.50. The summed E-state index contributed by atoms with van der Waals surface area (Å²) in [5.74, 6) is 1.00. The number of benzene rings is 1. The normalized spacial score (nSPS) is 12.8. The minimum absolute atomic E-state index is 0.0573. The topological polar surface area (TPSA) is 9.23 Å². The van der Waals surface area contributed by atoms with Crippen LogP contribution < -0.4 is 0 Å². The van der Waals surface area contributed by atoms with E-state index in [-0.39, 0.29) is 5.60 Å². The zero-order valence-corrected chi connectivity index (χ0v) is 12.9. The Morgan fingerprint density at radius 1 is 1.28 bits per heavy atom. The van der Waals surface area contributed by atoms with Gasteiger partial charge < -0.3 is 4.74 Å². The zero-order chi connectivity index (χ0) is 13.6. The molecular formula is C16H24OS. The molecule has 1 nitrogen and oxygen atoms in total. The monoisotopic (exact) mass is 264 g/mol. The highest BCUT2D eigenvalue weighted by molar-refractivity contribution is 7.99. The molecule has 0 fully saturated rings. The van der Waals surface area contributed by atoms with E-state index in [1.807, 2.05) is 11.8 Å². The first-order chi connectivity index (χ1) is 8.38. The van der Waals surface area contributed by atoms with E-state index in [0.29, 0.717) is 0 Å². The van der Waals surface area contributed by atoms with Crippen molar-refractivity contribution in [1.29, 1.82) is 0 Å². The molecule has 1 aromatic carbocycles. The second kappa shape index (κ2) is 7.01. The van der Waals surface area contributed by atoms with Gasteiger partial charge in [0.2, 0.25) is 0 Å². The number of rotatable bonds is 5. The summed E-state index contributed by atoms with van der Waals surface area (Å²) in [6.45, 7) is 11.3. The average molecular weight is 264 g/mol. The molecule has 0 radical (unpaired) electrons. The minimum Gasteiger partial charge on any atom is -0.372 e. The van der Waals surface area contributed by atoms with Gasteiger partial charge in [0, 0.05) is 10.6 Å². The van der Waals surface area contributed by atoms with Crippen LogP contribution in [-0.4, -0.2) is 18.0 Å². The minimum atomic E-state index is -0.0573.